The van der Waals surface area contributed by atoms with Gasteiger partial charge in [-0.2, -0.15) is 0 Å². The van der Waals surface area contributed by atoms with Crippen LogP contribution in [-0.2, 0) is 14.6 Å². The Hall–Kier alpha value is -2.14. The highest BCUT2D eigenvalue weighted by Gasteiger charge is 2.24. The van der Waals surface area contributed by atoms with Crippen molar-refractivity contribution in [1.82, 2.24) is 9.88 Å². The van der Waals surface area contributed by atoms with Crippen LogP contribution in [-0.4, -0.2) is 69.5 Å². The number of rotatable bonds is 12. The Bertz CT molecular complexity index is 1210. The molecule has 0 aliphatic heterocycles. The van der Waals surface area contributed by atoms with Crippen LogP contribution in [0.3, 0.4) is 0 Å². The van der Waals surface area contributed by atoms with E-state index in [0.717, 1.165) is 28.2 Å². The van der Waals surface area contributed by atoms with Crippen LogP contribution in [0.15, 0.2) is 52.3 Å². The summed E-state index contributed by atoms with van der Waals surface area (Å²) in [6.07, 6.45) is 1.91. The number of benzene rings is 2. The van der Waals surface area contributed by atoms with E-state index in [4.69, 9.17) is 9.72 Å². The minimum absolute atomic E-state index is 0.113. The van der Waals surface area contributed by atoms with Gasteiger partial charge in [-0.3, -0.25) is 9.69 Å². The fourth-order valence-electron chi connectivity index (χ4n) is 3.50. The second kappa shape index (κ2) is 12.0. The summed E-state index contributed by atoms with van der Waals surface area (Å²) < 4.78 is 31.8. The molecule has 0 atom stereocenters. The van der Waals surface area contributed by atoms with E-state index in [1.807, 2.05) is 18.4 Å². The maximum Gasteiger partial charge on any atom is 0.229 e. The molecule has 10 heteroatoms. The van der Waals surface area contributed by atoms with Crippen molar-refractivity contribution in [3.8, 4) is 5.75 Å². The zero-order valence-corrected chi connectivity index (χ0v) is 22.4. The van der Waals surface area contributed by atoms with Crippen LogP contribution >= 0.6 is 23.1 Å². The van der Waals surface area contributed by atoms with Crippen LogP contribution in [0.4, 0.5) is 5.13 Å². The lowest BCUT2D eigenvalue weighted by Crippen LogP contribution is -2.39. The van der Waals surface area contributed by atoms with Crippen LogP contribution in [0.25, 0.3) is 10.2 Å². The van der Waals surface area contributed by atoms with Gasteiger partial charge in [-0.05, 0) is 61.8 Å². The van der Waals surface area contributed by atoms with E-state index in [1.165, 1.54) is 30.6 Å². The van der Waals surface area contributed by atoms with Gasteiger partial charge in [0.2, 0.25) is 5.91 Å². The molecule has 0 bridgehead atoms. The Morgan fingerprint density at radius 3 is 2.41 bits per heavy atom. The number of ether oxygens (including phenoxy) is 1. The summed E-state index contributed by atoms with van der Waals surface area (Å²) in [6, 6.07) is 12.3. The molecule has 3 aromatic rings. The van der Waals surface area contributed by atoms with Crippen LogP contribution in [0.5, 0.6) is 5.75 Å². The van der Waals surface area contributed by atoms with E-state index in [-0.39, 0.29) is 23.0 Å². The van der Waals surface area contributed by atoms with Crippen molar-refractivity contribution in [3.05, 3.63) is 42.5 Å². The van der Waals surface area contributed by atoms with Gasteiger partial charge < -0.3 is 9.64 Å². The lowest BCUT2D eigenvalue weighted by molar-refractivity contribution is -0.118. The summed E-state index contributed by atoms with van der Waals surface area (Å²) in [7, 11) is -2.08. The lowest BCUT2D eigenvalue weighted by atomic mass is 10.3. The molecule has 0 spiro atoms. The van der Waals surface area contributed by atoms with Gasteiger partial charge in [0.25, 0.3) is 0 Å². The molecule has 0 aliphatic rings. The van der Waals surface area contributed by atoms with Crippen molar-refractivity contribution in [2.24, 2.45) is 0 Å². The number of fused-ring (bicyclic) bond motifs is 1. The van der Waals surface area contributed by atoms with E-state index >= 15 is 0 Å². The molecule has 0 saturated carbocycles. The molecule has 0 radical (unpaired) electrons. The van der Waals surface area contributed by atoms with Gasteiger partial charge in [-0.15, -0.1) is 11.8 Å². The fourth-order valence-corrected chi connectivity index (χ4v) is 6.29. The number of likely N-dealkylation sites (N-methyl/N-ethyl adjacent to an activating group) is 1. The first-order valence-electron chi connectivity index (χ1n) is 11.1. The monoisotopic (exact) mass is 521 g/mol. The number of hydrogen-bond donors (Lipinski definition) is 0. The molecule has 0 unspecified atom stereocenters. The van der Waals surface area contributed by atoms with E-state index < -0.39 is 9.84 Å². The summed E-state index contributed by atoms with van der Waals surface area (Å²) in [5.74, 6) is 0.0769. The third kappa shape index (κ3) is 6.50. The molecule has 7 nitrogen and oxygen atoms in total. The van der Waals surface area contributed by atoms with E-state index in [9.17, 15) is 13.2 Å². The number of methoxy groups -OCH3 is 1. The molecule has 34 heavy (non-hydrogen) atoms. The quantitative estimate of drug-likeness (QED) is 0.323. The smallest absolute Gasteiger partial charge is 0.229 e. The second-order valence-corrected chi connectivity index (χ2v) is 11.6. The van der Waals surface area contributed by atoms with Crippen LogP contribution in [0.1, 0.15) is 20.3 Å². The number of nitrogens with zero attached hydrogens (tertiary/aromatic N) is 3. The van der Waals surface area contributed by atoms with Gasteiger partial charge in [0, 0.05) is 24.4 Å². The Balaban J connectivity index is 1.81. The van der Waals surface area contributed by atoms with Crippen LogP contribution < -0.4 is 9.64 Å². The Labute approximate surface area is 210 Å². The molecule has 1 aromatic heterocycles. The Kier molecular flexibility index (Phi) is 9.35. The van der Waals surface area contributed by atoms with Crippen molar-refractivity contribution in [1.29, 1.82) is 0 Å². The highest BCUT2D eigenvalue weighted by atomic mass is 32.2. The van der Waals surface area contributed by atoms with Crippen LogP contribution in [0, 0.1) is 0 Å². The number of thiazole rings is 1. The third-order valence-corrected chi connectivity index (χ3v) is 9.15. The molecule has 0 aliphatic carbocycles. The predicted octanol–water partition coefficient (Wildman–Crippen LogP) is 4.57. The lowest BCUT2D eigenvalue weighted by Gasteiger charge is -2.24. The summed E-state index contributed by atoms with van der Waals surface area (Å²) in [5, 5.41) is 0.604. The van der Waals surface area contributed by atoms with E-state index in [2.05, 4.69) is 24.8 Å². The van der Waals surface area contributed by atoms with Gasteiger partial charge in [-0.1, -0.05) is 25.2 Å². The third-order valence-electron chi connectivity index (χ3n) is 5.65. The largest absolute Gasteiger partial charge is 0.497 e. The van der Waals surface area contributed by atoms with Crippen molar-refractivity contribution < 1.29 is 17.9 Å². The number of anilines is 1. The normalized spacial score (nSPS) is 11.8. The summed E-state index contributed by atoms with van der Waals surface area (Å²) >= 11 is 3.12. The average molecular weight is 522 g/mol. The van der Waals surface area contributed by atoms with Crippen molar-refractivity contribution >= 4 is 54.2 Å². The highest BCUT2D eigenvalue weighted by molar-refractivity contribution is 7.98. The minimum Gasteiger partial charge on any atom is -0.497 e. The standard InChI is InChI=1S/C24H31N3O4S3/c1-5-26(6-2)14-15-27(24-25-21-12-9-19(32-4)17-22(21)33-24)23(28)13-16-34(29,30)20-10-7-18(31-3)8-11-20/h7-12,17H,5-6,13-16H2,1-4H3. The molecule has 2 aromatic carbocycles. The van der Waals surface area contributed by atoms with Gasteiger partial charge in [0.05, 0.1) is 28.0 Å². The zero-order chi connectivity index (χ0) is 24.7. The minimum atomic E-state index is -3.60. The van der Waals surface area contributed by atoms with E-state index in [0.29, 0.717) is 24.0 Å². The highest BCUT2D eigenvalue weighted by Crippen LogP contribution is 2.32. The number of carbonyl (C=O) groups is 1. The zero-order valence-electron chi connectivity index (χ0n) is 20.0. The number of sulfone groups is 1. The molecular weight excluding hydrogens is 490 g/mol. The molecule has 0 saturated heterocycles. The molecule has 184 valence electrons. The molecule has 1 heterocycles. The fraction of sp³-hybridized carbons (Fsp3) is 0.417. The second-order valence-electron chi connectivity index (χ2n) is 7.65. The first-order valence-corrected chi connectivity index (χ1v) is 14.8. The van der Waals surface area contributed by atoms with E-state index in [1.54, 1.807) is 28.8 Å². The summed E-state index contributed by atoms with van der Waals surface area (Å²) in [5.41, 5.74) is 0.837. The maximum atomic E-state index is 13.3. The SMILES string of the molecule is CCN(CC)CCN(C(=O)CCS(=O)(=O)c1ccc(OC)cc1)c1nc2ccc(SC)cc2s1. The van der Waals surface area contributed by atoms with Crippen molar-refractivity contribution in [3.63, 3.8) is 0 Å². The molecular formula is C24H31N3O4S3. The van der Waals surface area contributed by atoms with Gasteiger partial charge in [0.15, 0.2) is 15.0 Å². The Morgan fingerprint density at radius 1 is 1.09 bits per heavy atom. The molecule has 3 rings (SSSR count). The number of amides is 1. The first-order chi connectivity index (χ1) is 16.3. The first kappa shape index (κ1) is 26.5. The summed E-state index contributed by atoms with van der Waals surface area (Å²) in [6.45, 7) is 7.06. The van der Waals surface area contributed by atoms with Crippen molar-refractivity contribution in [2.75, 3.05) is 50.2 Å². The van der Waals surface area contributed by atoms with Gasteiger partial charge in [-0.25, -0.2) is 13.4 Å². The van der Waals surface area contributed by atoms with Gasteiger partial charge >= 0.3 is 0 Å². The van der Waals surface area contributed by atoms with Crippen molar-refractivity contribution in [2.45, 2.75) is 30.1 Å². The number of aromatic nitrogens is 1. The molecule has 1 amide bonds. The van der Waals surface area contributed by atoms with Crippen LogP contribution in [0.2, 0.25) is 0 Å². The maximum absolute atomic E-state index is 13.3. The summed E-state index contributed by atoms with van der Waals surface area (Å²) in [4.78, 5) is 23.2. The average Bonchev–Trinajstić information content (AvgIpc) is 3.28. The molecule has 0 N–H and O–H groups in total. The predicted molar refractivity (Wildman–Crippen MR) is 141 cm³/mol. The number of hydrogen-bond acceptors (Lipinski definition) is 8. The Morgan fingerprint density at radius 2 is 1.79 bits per heavy atom. The topological polar surface area (TPSA) is 79.8 Å². The number of thioether (sulfide) groups is 1. The molecule has 0 fully saturated rings. The number of carbonyl (C=O) groups excluding carboxylic acids is 1. The van der Waals surface area contributed by atoms with Gasteiger partial charge in [0.1, 0.15) is 5.75 Å².